The average Bonchev–Trinajstić information content (AvgIpc) is 2.64. The van der Waals surface area contributed by atoms with Crippen molar-refractivity contribution in [1.29, 1.82) is 0 Å². The number of hydrogen-bond donors (Lipinski definition) is 0. The first-order valence-corrected chi connectivity index (χ1v) is 8.13. The highest BCUT2D eigenvalue weighted by Gasteiger charge is 2.16. The fourth-order valence-electron chi connectivity index (χ4n) is 4.07. The third-order valence-electron chi connectivity index (χ3n) is 5.10. The van der Waals surface area contributed by atoms with Crippen LogP contribution in [0.4, 0.5) is 0 Å². The van der Waals surface area contributed by atoms with Crippen molar-refractivity contribution in [3.05, 3.63) is 71.8 Å². The fourth-order valence-corrected chi connectivity index (χ4v) is 4.07. The summed E-state index contributed by atoms with van der Waals surface area (Å²) in [5.41, 5.74) is 0.292. The summed E-state index contributed by atoms with van der Waals surface area (Å²) in [7, 11) is 0. The van der Waals surface area contributed by atoms with E-state index in [0.29, 0.717) is 10.8 Å². The lowest BCUT2D eigenvalue weighted by molar-refractivity contribution is -0.255. The molecule has 0 aliphatic carbocycles. The molecule has 5 rings (SSSR count). The SMILES string of the molecule is O=C([O-])c1ccc2c3cccc4c(C(=O)[O-])ccc(c5cccc1c52)c43. The van der Waals surface area contributed by atoms with Crippen LogP contribution in [0.25, 0.3) is 43.1 Å². The van der Waals surface area contributed by atoms with E-state index in [0.717, 1.165) is 32.3 Å². The van der Waals surface area contributed by atoms with Crippen LogP contribution in [-0.2, 0) is 0 Å². The Labute approximate surface area is 147 Å². The summed E-state index contributed by atoms with van der Waals surface area (Å²) >= 11 is 0. The van der Waals surface area contributed by atoms with Crippen molar-refractivity contribution in [1.82, 2.24) is 0 Å². The van der Waals surface area contributed by atoms with Crippen LogP contribution >= 0.6 is 0 Å². The van der Waals surface area contributed by atoms with Crippen LogP contribution in [0.15, 0.2) is 60.7 Å². The minimum atomic E-state index is -1.22. The Morgan fingerprint density at radius 3 is 1.23 bits per heavy atom. The van der Waals surface area contributed by atoms with Crippen LogP contribution in [0.5, 0.6) is 0 Å². The molecule has 0 aliphatic heterocycles. The van der Waals surface area contributed by atoms with Gasteiger partial charge in [-0.05, 0) is 43.1 Å². The maximum atomic E-state index is 11.5. The van der Waals surface area contributed by atoms with E-state index in [1.807, 2.05) is 12.1 Å². The zero-order valence-electron chi connectivity index (χ0n) is 13.4. The van der Waals surface area contributed by atoms with Crippen LogP contribution in [0, 0.1) is 0 Å². The highest BCUT2D eigenvalue weighted by atomic mass is 16.4. The van der Waals surface area contributed by atoms with Crippen LogP contribution in [0.2, 0.25) is 0 Å². The number of benzene rings is 5. The summed E-state index contributed by atoms with van der Waals surface area (Å²) in [4.78, 5) is 23.0. The van der Waals surface area contributed by atoms with Gasteiger partial charge in [0.2, 0.25) is 0 Å². The van der Waals surface area contributed by atoms with Gasteiger partial charge < -0.3 is 19.8 Å². The molecule has 5 aromatic carbocycles. The number of rotatable bonds is 2. The lowest BCUT2D eigenvalue weighted by Gasteiger charge is -2.18. The zero-order chi connectivity index (χ0) is 18.0. The van der Waals surface area contributed by atoms with Gasteiger partial charge in [-0.2, -0.15) is 0 Å². The average molecular weight is 338 g/mol. The summed E-state index contributed by atoms with van der Waals surface area (Å²) in [6.45, 7) is 0. The van der Waals surface area contributed by atoms with E-state index in [4.69, 9.17) is 0 Å². The molecule has 26 heavy (non-hydrogen) atoms. The molecule has 0 radical (unpaired) electrons. The molecule has 0 unspecified atom stereocenters. The van der Waals surface area contributed by atoms with Gasteiger partial charge in [0, 0.05) is 11.1 Å². The minimum absolute atomic E-state index is 0.146. The third kappa shape index (κ3) is 1.73. The molecule has 4 nitrogen and oxygen atoms in total. The van der Waals surface area contributed by atoms with Crippen molar-refractivity contribution in [2.24, 2.45) is 0 Å². The van der Waals surface area contributed by atoms with Gasteiger partial charge in [-0.25, -0.2) is 0 Å². The quantitative estimate of drug-likeness (QED) is 0.366. The number of carboxylic acid groups (broad SMARTS) is 2. The molecule has 0 aliphatic rings. The topological polar surface area (TPSA) is 80.3 Å². The fraction of sp³-hybridized carbons (Fsp3) is 0. The molecule has 0 bridgehead atoms. The molecule has 0 saturated heterocycles. The number of carbonyl (C=O) groups excluding carboxylic acids is 2. The molecule has 4 heteroatoms. The minimum Gasteiger partial charge on any atom is -0.545 e. The first-order chi connectivity index (χ1) is 12.6. The Hall–Kier alpha value is -3.66. The van der Waals surface area contributed by atoms with Crippen molar-refractivity contribution in [2.75, 3.05) is 0 Å². The summed E-state index contributed by atoms with van der Waals surface area (Å²) in [5, 5.41) is 29.5. The highest BCUT2D eigenvalue weighted by molar-refractivity contribution is 6.35. The maximum absolute atomic E-state index is 11.5. The molecule has 0 N–H and O–H groups in total. The van der Waals surface area contributed by atoms with Gasteiger partial charge in [0.25, 0.3) is 0 Å². The van der Waals surface area contributed by atoms with Crippen molar-refractivity contribution >= 4 is 55.0 Å². The van der Waals surface area contributed by atoms with Gasteiger partial charge >= 0.3 is 0 Å². The van der Waals surface area contributed by atoms with E-state index in [1.54, 1.807) is 48.5 Å². The lowest BCUT2D eigenvalue weighted by Crippen LogP contribution is -2.22. The Morgan fingerprint density at radius 1 is 0.500 bits per heavy atom. The largest absolute Gasteiger partial charge is 0.545 e. The first-order valence-electron chi connectivity index (χ1n) is 8.13. The number of aromatic carboxylic acids is 2. The normalized spacial score (nSPS) is 11.7. The Kier molecular flexibility index (Phi) is 2.78. The molecule has 0 aromatic heterocycles. The van der Waals surface area contributed by atoms with Crippen molar-refractivity contribution in [3.8, 4) is 0 Å². The molecule has 0 saturated carbocycles. The van der Waals surface area contributed by atoms with Crippen molar-refractivity contribution in [3.63, 3.8) is 0 Å². The number of carboxylic acids is 2. The summed E-state index contributed by atoms with van der Waals surface area (Å²) < 4.78 is 0. The highest BCUT2D eigenvalue weighted by Crippen LogP contribution is 2.41. The van der Waals surface area contributed by atoms with E-state index in [9.17, 15) is 19.8 Å². The third-order valence-corrected chi connectivity index (χ3v) is 5.10. The number of carbonyl (C=O) groups is 2. The van der Waals surface area contributed by atoms with Crippen LogP contribution in [0.3, 0.4) is 0 Å². The Morgan fingerprint density at radius 2 is 0.846 bits per heavy atom. The molecule has 0 fully saturated rings. The summed E-state index contributed by atoms with van der Waals surface area (Å²) in [6.07, 6.45) is 0. The zero-order valence-corrected chi connectivity index (χ0v) is 13.4. The number of fused-ring (bicyclic) bond motifs is 2. The summed E-state index contributed by atoms with van der Waals surface area (Å²) in [5.74, 6) is -2.44. The molecule has 0 amide bonds. The molecule has 0 heterocycles. The van der Waals surface area contributed by atoms with Crippen LogP contribution in [-0.4, -0.2) is 11.9 Å². The second-order valence-electron chi connectivity index (χ2n) is 6.35. The lowest BCUT2D eigenvalue weighted by atomic mass is 9.87. The van der Waals surface area contributed by atoms with Gasteiger partial charge in [-0.1, -0.05) is 60.7 Å². The van der Waals surface area contributed by atoms with E-state index >= 15 is 0 Å². The second kappa shape index (κ2) is 4.92. The van der Waals surface area contributed by atoms with E-state index in [2.05, 4.69) is 0 Å². The summed E-state index contributed by atoms with van der Waals surface area (Å²) in [6, 6.07) is 17.6. The molecule has 0 atom stereocenters. The van der Waals surface area contributed by atoms with Gasteiger partial charge in [-0.3, -0.25) is 0 Å². The predicted molar refractivity (Wildman–Crippen MR) is 96.3 cm³/mol. The smallest absolute Gasteiger partial charge is 0.0721 e. The Bertz CT molecular complexity index is 1250. The predicted octanol–water partition coefficient (Wildman–Crippen LogP) is 2.46. The van der Waals surface area contributed by atoms with Crippen LogP contribution < -0.4 is 10.2 Å². The van der Waals surface area contributed by atoms with Gasteiger partial charge in [0.1, 0.15) is 0 Å². The molecule has 124 valence electrons. The standard InChI is InChI=1S/C22H12O4/c23-21(24)17-9-8-16-12-4-2-6-14-18(22(25)26)10-7-15(20(12)14)11-3-1-5-13(17)19(11)16/h1-10H,(H,23,24)(H,25,26)/p-2. The monoisotopic (exact) mass is 338 g/mol. The Balaban J connectivity index is 2.15. The first kappa shape index (κ1) is 14.7. The van der Waals surface area contributed by atoms with E-state index in [1.165, 1.54) is 0 Å². The second-order valence-corrected chi connectivity index (χ2v) is 6.35. The van der Waals surface area contributed by atoms with Crippen molar-refractivity contribution < 1.29 is 19.8 Å². The van der Waals surface area contributed by atoms with Gasteiger partial charge in [0.05, 0.1) is 11.9 Å². The molecule has 0 spiro atoms. The molecular weight excluding hydrogens is 328 g/mol. The molecular formula is C22H10O4-2. The van der Waals surface area contributed by atoms with Crippen LogP contribution in [0.1, 0.15) is 20.7 Å². The van der Waals surface area contributed by atoms with Gasteiger partial charge in [0.15, 0.2) is 0 Å². The van der Waals surface area contributed by atoms with E-state index < -0.39 is 11.9 Å². The maximum Gasteiger partial charge on any atom is 0.0721 e. The molecule has 5 aromatic rings. The van der Waals surface area contributed by atoms with Crippen molar-refractivity contribution in [2.45, 2.75) is 0 Å². The number of hydrogen-bond acceptors (Lipinski definition) is 4. The van der Waals surface area contributed by atoms with Gasteiger partial charge in [-0.15, -0.1) is 0 Å². The van der Waals surface area contributed by atoms with E-state index in [-0.39, 0.29) is 11.1 Å².